The van der Waals surface area contributed by atoms with E-state index >= 15 is 0 Å². The lowest BCUT2D eigenvalue weighted by molar-refractivity contribution is 0.0687. The Kier molecular flexibility index (Phi) is 7.73. The van der Waals surface area contributed by atoms with E-state index in [1.165, 1.54) is 30.5 Å². The largest absolute Gasteiger partial charge is 0.476 e. The van der Waals surface area contributed by atoms with Gasteiger partial charge < -0.3 is 19.1 Å². The number of benzene rings is 3. The van der Waals surface area contributed by atoms with Crippen LogP contribution in [-0.2, 0) is 4.74 Å². The molecule has 5 rings (SSSR count). The lowest BCUT2D eigenvalue weighted by atomic mass is 10.0. The van der Waals surface area contributed by atoms with E-state index in [-0.39, 0.29) is 17.2 Å². The van der Waals surface area contributed by atoms with Gasteiger partial charge in [0.15, 0.2) is 28.8 Å². The van der Waals surface area contributed by atoms with Crippen molar-refractivity contribution in [1.29, 1.82) is 0 Å². The number of rotatable bonds is 8. The number of anilines is 1. The molecule has 0 aliphatic heterocycles. The molecule has 0 bridgehead atoms. The van der Waals surface area contributed by atoms with E-state index in [0.717, 1.165) is 5.56 Å². The number of aromatic nitrogens is 2. The Balaban J connectivity index is 1.31. The predicted molar refractivity (Wildman–Crippen MR) is 148 cm³/mol. The summed E-state index contributed by atoms with van der Waals surface area (Å²) in [5.74, 6) is -1.81. The minimum atomic E-state index is -1.28. The average Bonchev–Trinajstić information content (AvgIpc) is 3.34. The Labute approximate surface area is 234 Å². The summed E-state index contributed by atoms with van der Waals surface area (Å²) in [6, 6.07) is 23.7. The molecular formula is C31H24FN3O6. The first kappa shape index (κ1) is 27.1. The highest BCUT2D eigenvalue weighted by atomic mass is 19.1. The summed E-state index contributed by atoms with van der Waals surface area (Å²) in [7, 11) is 0. The van der Waals surface area contributed by atoms with Crippen LogP contribution in [0.15, 0.2) is 95.6 Å². The fourth-order valence-corrected chi connectivity index (χ4v) is 4.13. The molecule has 10 heteroatoms. The van der Waals surface area contributed by atoms with Gasteiger partial charge in [0.2, 0.25) is 0 Å². The molecule has 0 unspecified atom stereocenters. The van der Waals surface area contributed by atoms with E-state index in [1.807, 2.05) is 30.3 Å². The van der Waals surface area contributed by atoms with Crippen LogP contribution in [0.2, 0.25) is 0 Å². The van der Waals surface area contributed by atoms with Crippen LogP contribution in [0, 0.1) is 12.7 Å². The molecule has 1 atom stereocenters. The van der Waals surface area contributed by atoms with Crippen molar-refractivity contribution < 1.29 is 33.1 Å². The van der Waals surface area contributed by atoms with Gasteiger partial charge in [-0.2, -0.15) is 0 Å². The molecule has 0 saturated carbocycles. The van der Waals surface area contributed by atoms with Crippen LogP contribution in [0.1, 0.15) is 34.8 Å². The van der Waals surface area contributed by atoms with Gasteiger partial charge in [0.05, 0.1) is 0 Å². The number of hydrogen-bond donors (Lipinski definition) is 2. The molecule has 0 fully saturated rings. The molecule has 2 aromatic heterocycles. The Morgan fingerprint density at radius 2 is 1.63 bits per heavy atom. The minimum Gasteiger partial charge on any atom is -0.476 e. The molecule has 1 amide bonds. The number of halogens is 1. The standard InChI is InChI=1S/C31H24FN3O6/c1-18-27(34-31(38)39-19(2)20-7-4-3-5-8-20)29(41-35-18)22-12-10-21(11-13-22)23-14-15-25(24(32)17-23)40-26-9-6-16-33-28(26)30(36)37/h3-17,19H,1-2H3,(H,34,38)(H,36,37)/t19-/m1/s1. The quantitative estimate of drug-likeness (QED) is 0.201. The summed E-state index contributed by atoms with van der Waals surface area (Å²) in [6.07, 6.45) is 0.210. The molecule has 0 aliphatic rings. The number of hydrogen-bond acceptors (Lipinski definition) is 7. The average molecular weight is 554 g/mol. The number of carbonyl (C=O) groups is 2. The SMILES string of the molecule is Cc1noc(-c2ccc(-c3ccc(Oc4cccnc4C(=O)O)c(F)c3)cc2)c1NC(=O)O[C@H](C)c1ccccc1. The second-order valence-corrected chi connectivity index (χ2v) is 9.04. The lowest BCUT2D eigenvalue weighted by Gasteiger charge is -2.14. The molecule has 2 heterocycles. The summed E-state index contributed by atoms with van der Waals surface area (Å²) in [5.41, 5.74) is 3.31. The smallest absolute Gasteiger partial charge is 0.412 e. The van der Waals surface area contributed by atoms with Crippen molar-refractivity contribution in [3.8, 4) is 33.9 Å². The number of carbonyl (C=O) groups excluding carboxylic acids is 1. The van der Waals surface area contributed by atoms with Crippen LogP contribution in [-0.4, -0.2) is 27.3 Å². The van der Waals surface area contributed by atoms with Gasteiger partial charge in [-0.3, -0.25) is 5.32 Å². The van der Waals surface area contributed by atoms with E-state index in [2.05, 4.69) is 15.5 Å². The van der Waals surface area contributed by atoms with Crippen LogP contribution in [0.25, 0.3) is 22.5 Å². The number of amides is 1. The van der Waals surface area contributed by atoms with Crippen molar-refractivity contribution in [3.63, 3.8) is 0 Å². The monoisotopic (exact) mass is 553 g/mol. The van der Waals surface area contributed by atoms with E-state index < -0.39 is 24.0 Å². The molecule has 2 N–H and O–H groups in total. The number of aromatic carboxylic acids is 1. The van der Waals surface area contributed by atoms with Gasteiger partial charge in [0.25, 0.3) is 0 Å². The third-order valence-corrected chi connectivity index (χ3v) is 6.25. The summed E-state index contributed by atoms with van der Waals surface area (Å²) in [4.78, 5) is 27.7. The zero-order chi connectivity index (χ0) is 28.9. The number of nitrogens with one attached hydrogen (secondary N) is 1. The number of carboxylic acids is 1. The van der Waals surface area contributed by atoms with Crippen molar-refractivity contribution in [3.05, 3.63) is 114 Å². The van der Waals surface area contributed by atoms with Gasteiger partial charge in [-0.1, -0.05) is 65.8 Å². The van der Waals surface area contributed by atoms with Gasteiger partial charge in [-0.15, -0.1) is 0 Å². The highest BCUT2D eigenvalue weighted by Gasteiger charge is 2.20. The fraction of sp³-hybridized carbons (Fsp3) is 0.0968. The minimum absolute atomic E-state index is 0.0684. The highest BCUT2D eigenvalue weighted by molar-refractivity contribution is 5.91. The van der Waals surface area contributed by atoms with Gasteiger partial charge in [-0.05, 0) is 54.8 Å². The molecule has 5 aromatic rings. The Hall–Kier alpha value is -5.51. The second kappa shape index (κ2) is 11.7. The number of ether oxygens (including phenoxy) is 2. The summed E-state index contributed by atoms with van der Waals surface area (Å²) in [6.45, 7) is 3.48. The zero-order valence-electron chi connectivity index (χ0n) is 22.0. The van der Waals surface area contributed by atoms with Crippen molar-refractivity contribution in [2.45, 2.75) is 20.0 Å². The van der Waals surface area contributed by atoms with Crippen molar-refractivity contribution in [2.75, 3.05) is 5.32 Å². The molecule has 3 aromatic carbocycles. The maximum Gasteiger partial charge on any atom is 0.412 e. The Bertz CT molecular complexity index is 1700. The van der Waals surface area contributed by atoms with Gasteiger partial charge in [0.1, 0.15) is 17.5 Å². The fourth-order valence-electron chi connectivity index (χ4n) is 4.13. The summed E-state index contributed by atoms with van der Waals surface area (Å²) in [5, 5.41) is 16.0. The van der Waals surface area contributed by atoms with Gasteiger partial charge in [-0.25, -0.2) is 19.0 Å². The maximum atomic E-state index is 14.9. The zero-order valence-corrected chi connectivity index (χ0v) is 22.0. The highest BCUT2D eigenvalue weighted by Crippen LogP contribution is 2.34. The molecule has 0 radical (unpaired) electrons. The van der Waals surface area contributed by atoms with Gasteiger partial charge >= 0.3 is 12.1 Å². The number of nitrogens with zero attached hydrogens (tertiary/aromatic N) is 2. The third-order valence-electron chi connectivity index (χ3n) is 6.25. The van der Waals surface area contributed by atoms with Crippen LogP contribution in [0.4, 0.5) is 14.9 Å². The summed E-state index contributed by atoms with van der Waals surface area (Å²) >= 11 is 0. The molecule has 0 saturated heterocycles. The van der Waals surface area contributed by atoms with E-state index in [4.69, 9.17) is 14.0 Å². The second-order valence-electron chi connectivity index (χ2n) is 9.04. The first-order chi connectivity index (χ1) is 19.8. The van der Waals surface area contributed by atoms with E-state index in [1.54, 1.807) is 44.2 Å². The van der Waals surface area contributed by atoms with Crippen LogP contribution < -0.4 is 10.1 Å². The molecule has 41 heavy (non-hydrogen) atoms. The van der Waals surface area contributed by atoms with E-state index in [9.17, 15) is 19.1 Å². The molecule has 206 valence electrons. The van der Waals surface area contributed by atoms with Crippen LogP contribution in [0.5, 0.6) is 11.5 Å². The molecule has 9 nitrogen and oxygen atoms in total. The molecule has 0 aliphatic carbocycles. The number of aryl methyl sites for hydroxylation is 1. The first-order valence-electron chi connectivity index (χ1n) is 12.6. The number of carboxylic acid groups (broad SMARTS) is 1. The summed E-state index contributed by atoms with van der Waals surface area (Å²) < 4.78 is 31.4. The Morgan fingerprint density at radius 3 is 2.34 bits per heavy atom. The molecule has 0 spiro atoms. The lowest BCUT2D eigenvalue weighted by Crippen LogP contribution is -2.16. The Morgan fingerprint density at radius 1 is 0.927 bits per heavy atom. The molecular weight excluding hydrogens is 529 g/mol. The van der Waals surface area contributed by atoms with Crippen LogP contribution >= 0.6 is 0 Å². The van der Waals surface area contributed by atoms with Gasteiger partial charge in [0, 0.05) is 11.8 Å². The predicted octanol–water partition coefficient (Wildman–Crippen LogP) is 7.65. The normalized spacial score (nSPS) is 11.5. The van der Waals surface area contributed by atoms with Crippen molar-refractivity contribution in [1.82, 2.24) is 10.1 Å². The topological polar surface area (TPSA) is 124 Å². The van der Waals surface area contributed by atoms with Crippen LogP contribution in [0.3, 0.4) is 0 Å². The maximum absolute atomic E-state index is 14.9. The van der Waals surface area contributed by atoms with E-state index in [0.29, 0.717) is 33.8 Å². The third kappa shape index (κ3) is 6.06. The van der Waals surface area contributed by atoms with Crippen molar-refractivity contribution in [2.24, 2.45) is 0 Å². The first-order valence-corrected chi connectivity index (χ1v) is 12.6. The van der Waals surface area contributed by atoms with Crippen molar-refractivity contribution >= 4 is 17.7 Å². The number of pyridine rings is 1.